The fourth-order valence-corrected chi connectivity index (χ4v) is 2.50. The summed E-state index contributed by atoms with van der Waals surface area (Å²) in [6.45, 7) is 3.92. The fraction of sp³-hybridized carbons (Fsp3) is 0.417. The third-order valence-electron chi connectivity index (χ3n) is 2.84. The highest BCUT2D eigenvalue weighted by Gasteiger charge is 2.09. The molecule has 0 aliphatic heterocycles. The molecule has 17 heavy (non-hydrogen) atoms. The van der Waals surface area contributed by atoms with Gasteiger partial charge >= 0.3 is 0 Å². The molecule has 0 saturated carbocycles. The van der Waals surface area contributed by atoms with Crippen LogP contribution < -0.4 is 4.72 Å². The van der Waals surface area contributed by atoms with Crippen LogP contribution >= 0.6 is 0 Å². The van der Waals surface area contributed by atoms with Crippen molar-refractivity contribution in [1.82, 2.24) is 14.5 Å². The van der Waals surface area contributed by atoms with Crippen LogP contribution in [0.4, 0.5) is 0 Å². The molecule has 2 rings (SSSR count). The predicted molar refractivity (Wildman–Crippen MR) is 70.9 cm³/mol. The van der Waals surface area contributed by atoms with E-state index < -0.39 is 11.0 Å². The Labute approximate surface area is 104 Å². The second kappa shape index (κ2) is 4.98. The minimum absolute atomic E-state index is 0.0837. The van der Waals surface area contributed by atoms with E-state index in [2.05, 4.69) is 22.0 Å². The van der Waals surface area contributed by atoms with Gasteiger partial charge in [-0.2, -0.15) is 5.10 Å². The lowest BCUT2D eigenvalue weighted by Crippen LogP contribution is -2.22. The molecule has 0 spiro atoms. The molecule has 0 bridgehead atoms. The fourth-order valence-electron chi connectivity index (χ4n) is 1.80. The number of nitrogens with zero attached hydrogens (tertiary/aromatic N) is 2. The Morgan fingerprint density at radius 3 is 3.00 bits per heavy atom. The van der Waals surface area contributed by atoms with Gasteiger partial charge in [-0.1, -0.05) is 13.0 Å². The second-order valence-electron chi connectivity index (χ2n) is 4.06. The number of aryl methyl sites for hydroxylation is 1. The zero-order valence-corrected chi connectivity index (χ0v) is 11.1. The zero-order chi connectivity index (χ0) is 12.4. The monoisotopic (exact) mass is 251 g/mol. The molecule has 4 nitrogen and oxygen atoms in total. The van der Waals surface area contributed by atoms with Gasteiger partial charge in [0.2, 0.25) is 0 Å². The summed E-state index contributed by atoms with van der Waals surface area (Å²) in [6, 6.07) is 6.27. The number of hydrogen-bond donors (Lipinski definition) is 1. The molecular formula is C12H17N3OS. The van der Waals surface area contributed by atoms with Crippen molar-refractivity contribution < 1.29 is 4.21 Å². The van der Waals surface area contributed by atoms with Crippen molar-refractivity contribution in [2.75, 3.05) is 5.75 Å². The van der Waals surface area contributed by atoms with E-state index in [9.17, 15) is 4.21 Å². The summed E-state index contributed by atoms with van der Waals surface area (Å²) < 4.78 is 16.4. The first-order valence-electron chi connectivity index (χ1n) is 5.68. The van der Waals surface area contributed by atoms with Crippen molar-refractivity contribution in [1.29, 1.82) is 0 Å². The van der Waals surface area contributed by atoms with E-state index >= 15 is 0 Å². The molecule has 0 saturated heterocycles. The lowest BCUT2D eigenvalue weighted by atomic mass is 10.1. The molecule has 0 unspecified atom stereocenters. The van der Waals surface area contributed by atoms with E-state index in [1.165, 1.54) is 0 Å². The standard InChI is InChI=1S/C12H17N3OS/c1-4-17(16)14-9(2)10-5-6-12-11(7-10)8-13-15(12)3/h5-9,14H,4H2,1-3H3/t9-,17+/m0/s1. The van der Waals surface area contributed by atoms with Gasteiger partial charge in [-0.15, -0.1) is 0 Å². The van der Waals surface area contributed by atoms with Crippen LogP contribution in [0.2, 0.25) is 0 Å². The van der Waals surface area contributed by atoms with Crippen molar-refractivity contribution in [2.45, 2.75) is 19.9 Å². The predicted octanol–water partition coefficient (Wildman–Crippen LogP) is 1.91. The van der Waals surface area contributed by atoms with E-state index in [1.54, 1.807) is 0 Å². The molecule has 1 heterocycles. The number of benzene rings is 1. The van der Waals surface area contributed by atoms with Crippen molar-refractivity contribution >= 4 is 21.9 Å². The highest BCUT2D eigenvalue weighted by atomic mass is 32.2. The van der Waals surface area contributed by atoms with Crippen molar-refractivity contribution in [3.63, 3.8) is 0 Å². The molecule has 0 aliphatic rings. The number of rotatable bonds is 4. The summed E-state index contributed by atoms with van der Waals surface area (Å²) in [7, 11) is 0.969. The van der Waals surface area contributed by atoms with Gasteiger partial charge in [-0.3, -0.25) is 4.68 Å². The largest absolute Gasteiger partial charge is 0.268 e. The quantitative estimate of drug-likeness (QED) is 0.902. The normalized spacial score (nSPS) is 15.0. The maximum absolute atomic E-state index is 11.4. The van der Waals surface area contributed by atoms with Crippen LogP contribution in [0, 0.1) is 0 Å². The van der Waals surface area contributed by atoms with Crippen LogP contribution in [0.15, 0.2) is 24.4 Å². The first-order valence-corrected chi connectivity index (χ1v) is 7.00. The molecular weight excluding hydrogens is 234 g/mol. The first kappa shape index (κ1) is 12.3. The second-order valence-corrected chi connectivity index (χ2v) is 5.56. The Kier molecular flexibility index (Phi) is 3.59. The first-order chi connectivity index (χ1) is 8.11. The third kappa shape index (κ3) is 2.56. The van der Waals surface area contributed by atoms with Crippen LogP contribution in [-0.4, -0.2) is 19.7 Å². The molecule has 1 aromatic carbocycles. The molecule has 1 aromatic heterocycles. The molecule has 92 valence electrons. The van der Waals surface area contributed by atoms with Crippen molar-refractivity contribution in [3.05, 3.63) is 30.0 Å². The van der Waals surface area contributed by atoms with Gasteiger partial charge in [0, 0.05) is 24.2 Å². The van der Waals surface area contributed by atoms with E-state index in [-0.39, 0.29) is 6.04 Å². The van der Waals surface area contributed by atoms with Gasteiger partial charge < -0.3 is 0 Å². The smallest absolute Gasteiger partial charge is 0.0918 e. The molecule has 5 heteroatoms. The molecule has 0 amide bonds. The van der Waals surface area contributed by atoms with Gasteiger partial charge in [0.1, 0.15) is 0 Å². The molecule has 2 aromatic rings. The van der Waals surface area contributed by atoms with E-state index in [1.807, 2.05) is 37.8 Å². The minimum atomic E-state index is -0.957. The van der Waals surface area contributed by atoms with Crippen LogP contribution in [0.3, 0.4) is 0 Å². The summed E-state index contributed by atoms with van der Waals surface area (Å²) in [4.78, 5) is 0. The Morgan fingerprint density at radius 2 is 2.29 bits per heavy atom. The Balaban J connectivity index is 2.26. The highest BCUT2D eigenvalue weighted by Crippen LogP contribution is 2.19. The summed E-state index contributed by atoms with van der Waals surface area (Å²) in [5, 5.41) is 5.32. The summed E-state index contributed by atoms with van der Waals surface area (Å²) >= 11 is 0. The van der Waals surface area contributed by atoms with Crippen LogP contribution in [0.5, 0.6) is 0 Å². The summed E-state index contributed by atoms with van der Waals surface area (Å²) in [5.74, 6) is 0.624. The Hall–Kier alpha value is -1.20. The van der Waals surface area contributed by atoms with Gasteiger partial charge in [0.15, 0.2) is 0 Å². The molecule has 2 atom stereocenters. The topological polar surface area (TPSA) is 46.9 Å². The maximum atomic E-state index is 11.4. The van der Waals surface area contributed by atoms with E-state index in [4.69, 9.17) is 0 Å². The SMILES string of the molecule is CC[S@@](=O)N[C@@H](C)c1ccc2c(cnn2C)c1. The number of fused-ring (bicyclic) bond motifs is 1. The third-order valence-corrected chi connectivity index (χ3v) is 3.98. The average Bonchev–Trinajstić information content (AvgIpc) is 2.70. The summed E-state index contributed by atoms with van der Waals surface area (Å²) in [5.41, 5.74) is 2.24. The Bertz CT molecular complexity index is 550. The number of nitrogens with one attached hydrogen (secondary N) is 1. The molecule has 0 aliphatic carbocycles. The Morgan fingerprint density at radius 1 is 1.53 bits per heavy atom. The van der Waals surface area contributed by atoms with Crippen LogP contribution in [-0.2, 0) is 18.0 Å². The maximum Gasteiger partial charge on any atom is 0.0918 e. The van der Waals surface area contributed by atoms with E-state index in [0.717, 1.165) is 16.5 Å². The molecule has 0 radical (unpaired) electrons. The van der Waals surface area contributed by atoms with E-state index in [0.29, 0.717) is 5.75 Å². The number of hydrogen-bond acceptors (Lipinski definition) is 2. The van der Waals surface area contributed by atoms with Gasteiger partial charge in [-0.25, -0.2) is 8.93 Å². The summed E-state index contributed by atoms with van der Waals surface area (Å²) in [6.07, 6.45) is 1.85. The number of aromatic nitrogens is 2. The van der Waals surface area contributed by atoms with Gasteiger partial charge in [0.25, 0.3) is 0 Å². The van der Waals surface area contributed by atoms with Gasteiger partial charge in [0.05, 0.1) is 22.7 Å². The van der Waals surface area contributed by atoms with Crippen molar-refractivity contribution in [2.24, 2.45) is 7.05 Å². The highest BCUT2D eigenvalue weighted by molar-refractivity contribution is 7.82. The minimum Gasteiger partial charge on any atom is -0.268 e. The lowest BCUT2D eigenvalue weighted by Gasteiger charge is -2.13. The zero-order valence-electron chi connectivity index (χ0n) is 10.3. The van der Waals surface area contributed by atoms with Crippen LogP contribution in [0.25, 0.3) is 10.9 Å². The van der Waals surface area contributed by atoms with Crippen LogP contribution in [0.1, 0.15) is 25.5 Å². The van der Waals surface area contributed by atoms with Gasteiger partial charge in [-0.05, 0) is 24.6 Å². The lowest BCUT2D eigenvalue weighted by molar-refractivity contribution is 0.652. The molecule has 1 N–H and O–H groups in total. The van der Waals surface area contributed by atoms with Crippen molar-refractivity contribution in [3.8, 4) is 0 Å². The molecule has 0 fully saturated rings. The average molecular weight is 251 g/mol.